The van der Waals surface area contributed by atoms with Crippen molar-refractivity contribution in [1.82, 2.24) is 9.97 Å². The molecule has 0 radical (unpaired) electrons. The Morgan fingerprint density at radius 2 is 1.80 bits per heavy atom. The highest BCUT2D eigenvalue weighted by Crippen LogP contribution is 2.10. The number of anilines is 1. The number of rotatable bonds is 4. The Balaban J connectivity index is 2.04. The van der Waals surface area contributed by atoms with E-state index in [-0.39, 0.29) is 11.6 Å². The zero-order chi connectivity index (χ0) is 14.5. The third-order valence-electron chi connectivity index (χ3n) is 2.15. The fraction of sp³-hybridized carbons (Fsp3) is 0. The molecule has 0 atom stereocenters. The highest BCUT2D eigenvalue weighted by atomic mass is 19.1. The number of nitrogens with one attached hydrogen (secondary N) is 1. The minimum atomic E-state index is -1.02. The van der Waals surface area contributed by atoms with Crippen molar-refractivity contribution in [2.24, 2.45) is 5.10 Å². The lowest BCUT2D eigenvalue weighted by Crippen LogP contribution is -2.00. The van der Waals surface area contributed by atoms with E-state index in [0.717, 1.165) is 0 Å². The summed E-state index contributed by atoms with van der Waals surface area (Å²) in [6, 6.07) is 6.08. The van der Waals surface area contributed by atoms with E-state index in [4.69, 9.17) is 0 Å². The lowest BCUT2D eigenvalue weighted by Gasteiger charge is -1.98. The predicted molar refractivity (Wildman–Crippen MR) is 66.3 cm³/mol. The van der Waals surface area contributed by atoms with Crippen molar-refractivity contribution in [3.63, 3.8) is 0 Å². The van der Waals surface area contributed by atoms with Crippen molar-refractivity contribution in [3.8, 4) is 0 Å². The third-order valence-corrected chi connectivity index (χ3v) is 2.15. The molecular formula is C11H7F2N5O2. The lowest BCUT2D eigenvalue weighted by atomic mass is 10.2. The summed E-state index contributed by atoms with van der Waals surface area (Å²) in [7, 11) is 0. The molecule has 0 aliphatic heterocycles. The van der Waals surface area contributed by atoms with Crippen molar-refractivity contribution in [3.05, 3.63) is 57.9 Å². The maximum absolute atomic E-state index is 12.8. The largest absolute Gasteiger partial charge is 0.269 e. The first-order valence-electron chi connectivity index (χ1n) is 5.28. The molecule has 0 bridgehead atoms. The maximum Gasteiger partial charge on any atom is 0.269 e. The normalized spacial score (nSPS) is 10.7. The van der Waals surface area contributed by atoms with Crippen molar-refractivity contribution < 1.29 is 13.7 Å². The standard InChI is InChI=1S/C11H7F2N5O2/c12-9-5-10(13)16-11(15-9)17-14-6-7-1-3-8(4-2-7)18(19)20/h1-6H,(H,15,16,17)/b14-6+. The van der Waals surface area contributed by atoms with E-state index in [2.05, 4.69) is 20.5 Å². The lowest BCUT2D eigenvalue weighted by molar-refractivity contribution is -0.384. The van der Waals surface area contributed by atoms with Gasteiger partial charge in [-0.25, -0.2) is 5.43 Å². The summed E-state index contributed by atoms with van der Waals surface area (Å²) in [5.41, 5.74) is 2.75. The minimum Gasteiger partial charge on any atom is -0.258 e. The number of nitro groups is 1. The molecule has 1 aromatic heterocycles. The third kappa shape index (κ3) is 3.51. The summed E-state index contributed by atoms with van der Waals surface area (Å²) < 4.78 is 25.5. The van der Waals surface area contributed by atoms with Crippen molar-refractivity contribution in [2.45, 2.75) is 0 Å². The molecule has 0 aliphatic rings. The van der Waals surface area contributed by atoms with Crippen LogP contribution in [0.3, 0.4) is 0 Å². The Hall–Kier alpha value is -2.97. The van der Waals surface area contributed by atoms with Gasteiger partial charge in [0.1, 0.15) is 0 Å². The molecule has 2 aromatic rings. The number of benzene rings is 1. The fourth-order valence-corrected chi connectivity index (χ4v) is 1.29. The van der Waals surface area contributed by atoms with Crippen LogP contribution in [0.15, 0.2) is 35.4 Å². The zero-order valence-corrected chi connectivity index (χ0v) is 9.83. The van der Waals surface area contributed by atoms with Gasteiger partial charge < -0.3 is 0 Å². The number of aromatic nitrogens is 2. The molecular weight excluding hydrogens is 272 g/mol. The predicted octanol–water partition coefficient (Wildman–Crippen LogP) is 2.11. The number of hydrogen-bond acceptors (Lipinski definition) is 6. The van der Waals surface area contributed by atoms with Crippen LogP contribution in [0.25, 0.3) is 0 Å². The molecule has 0 aliphatic carbocycles. The molecule has 102 valence electrons. The first-order valence-corrected chi connectivity index (χ1v) is 5.28. The van der Waals surface area contributed by atoms with Gasteiger partial charge in [-0.3, -0.25) is 10.1 Å². The van der Waals surface area contributed by atoms with Gasteiger partial charge in [-0.05, 0) is 17.7 Å². The van der Waals surface area contributed by atoms with Crippen LogP contribution >= 0.6 is 0 Å². The summed E-state index contributed by atoms with van der Waals surface area (Å²) in [5, 5.41) is 14.1. The van der Waals surface area contributed by atoms with Gasteiger partial charge in [0.2, 0.25) is 17.8 Å². The van der Waals surface area contributed by atoms with E-state index in [0.29, 0.717) is 11.6 Å². The topological polar surface area (TPSA) is 93.3 Å². The minimum absolute atomic E-state index is 0.0503. The monoisotopic (exact) mass is 279 g/mol. The van der Waals surface area contributed by atoms with Crippen LogP contribution in [0.1, 0.15) is 5.56 Å². The van der Waals surface area contributed by atoms with Crippen molar-refractivity contribution in [2.75, 3.05) is 5.43 Å². The van der Waals surface area contributed by atoms with Gasteiger partial charge in [0, 0.05) is 18.2 Å². The number of hydrazone groups is 1. The van der Waals surface area contributed by atoms with Gasteiger partial charge in [0.15, 0.2) is 0 Å². The van der Waals surface area contributed by atoms with Gasteiger partial charge >= 0.3 is 0 Å². The van der Waals surface area contributed by atoms with Gasteiger partial charge in [-0.15, -0.1) is 0 Å². The smallest absolute Gasteiger partial charge is 0.258 e. The highest BCUT2D eigenvalue weighted by molar-refractivity contribution is 5.80. The van der Waals surface area contributed by atoms with E-state index in [1.54, 1.807) is 0 Å². The molecule has 0 saturated carbocycles. The second-order valence-corrected chi connectivity index (χ2v) is 3.56. The van der Waals surface area contributed by atoms with Crippen molar-refractivity contribution in [1.29, 1.82) is 0 Å². The number of nitro benzene ring substituents is 1. The average Bonchev–Trinajstić information content (AvgIpc) is 2.38. The molecule has 1 aromatic carbocycles. The first kappa shape index (κ1) is 13.5. The molecule has 9 heteroatoms. The summed E-state index contributed by atoms with van der Waals surface area (Å²) in [5.74, 6) is -2.38. The Morgan fingerprint density at radius 3 is 2.35 bits per heavy atom. The van der Waals surface area contributed by atoms with Crippen LogP contribution < -0.4 is 5.43 Å². The van der Waals surface area contributed by atoms with Crippen LogP contribution in [0, 0.1) is 22.0 Å². The van der Waals surface area contributed by atoms with Gasteiger partial charge in [-0.1, -0.05) is 0 Å². The quantitative estimate of drug-likeness (QED) is 0.400. The van der Waals surface area contributed by atoms with Crippen LogP contribution in [-0.4, -0.2) is 21.1 Å². The first-order chi connectivity index (χ1) is 9.54. The molecule has 1 N–H and O–H groups in total. The Morgan fingerprint density at radius 1 is 1.20 bits per heavy atom. The molecule has 1 heterocycles. The van der Waals surface area contributed by atoms with E-state index >= 15 is 0 Å². The molecule has 0 amide bonds. The zero-order valence-electron chi connectivity index (χ0n) is 9.83. The summed E-state index contributed by atoms with van der Waals surface area (Å²) in [4.78, 5) is 16.5. The van der Waals surface area contributed by atoms with E-state index in [1.165, 1.54) is 30.5 Å². The van der Waals surface area contributed by atoms with Crippen LogP contribution in [0.5, 0.6) is 0 Å². The molecule has 2 rings (SSSR count). The molecule has 0 saturated heterocycles. The number of halogens is 2. The fourth-order valence-electron chi connectivity index (χ4n) is 1.29. The van der Waals surface area contributed by atoms with Crippen molar-refractivity contribution >= 4 is 17.9 Å². The highest BCUT2D eigenvalue weighted by Gasteiger charge is 2.03. The Bertz CT molecular complexity index is 640. The Labute approximate surface area is 111 Å². The molecule has 0 unspecified atom stereocenters. The van der Waals surface area contributed by atoms with E-state index < -0.39 is 16.8 Å². The summed E-state index contributed by atoms with van der Waals surface area (Å²) in [6.07, 6.45) is 1.30. The van der Waals surface area contributed by atoms with Gasteiger partial charge in [0.25, 0.3) is 5.69 Å². The number of non-ortho nitro benzene ring substituents is 1. The molecule has 0 spiro atoms. The molecule has 20 heavy (non-hydrogen) atoms. The Kier molecular flexibility index (Phi) is 3.89. The second-order valence-electron chi connectivity index (χ2n) is 3.56. The molecule has 0 fully saturated rings. The second kappa shape index (κ2) is 5.78. The summed E-state index contributed by atoms with van der Waals surface area (Å²) >= 11 is 0. The van der Waals surface area contributed by atoms with Gasteiger partial charge in [0.05, 0.1) is 11.1 Å². The molecule has 7 nitrogen and oxygen atoms in total. The number of hydrogen-bond donors (Lipinski definition) is 1. The SMILES string of the molecule is O=[N+]([O-])c1ccc(/C=N/Nc2nc(F)cc(F)n2)cc1. The van der Waals surface area contributed by atoms with Crippen LogP contribution in [0.4, 0.5) is 20.4 Å². The van der Waals surface area contributed by atoms with Crippen LogP contribution in [0.2, 0.25) is 0 Å². The number of nitrogens with zero attached hydrogens (tertiary/aromatic N) is 4. The van der Waals surface area contributed by atoms with E-state index in [1.807, 2.05) is 0 Å². The van der Waals surface area contributed by atoms with Gasteiger partial charge in [-0.2, -0.15) is 23.9 Å². The van der Waals surface area contributed by atoms with E-state index in [9.17, 15) is 18.9 Å². The average molecular weight is 279 g/mol. The summed E-state index contributed by atoms with van der Waals surface area (Å²) in [6.45, 7) is 0. The van der Waals surface area contributed by atoms with Crippen LogP contribution in [-0.2, 0) is 0 Å². The maximum atomic E-state index is 12.8.